The maximum Gasteiger partial charge on any atom is 0.332 e. The summed E-state index contributed by atoms with van der Waals surface area (Å²) in [6, 6.07) is 2.96. The molecule has 0 fully saturated rings. The van der Waals surface area contributed by atoms with Gasteiger partial charge in [-0.05, 0) is 19.1 Å². The summed E-state index contributed by atoms with van der Waals surface area (Å²) < 4.78 is 20.4. The van der Waals surface area contributed by atoms with E-state index in [1.807, 2.05) is 0 Å². The van der Waals surface area contributed by atoms with Crippen LogP contribution in [-0.4, -0.2) is 40.0 Å². The van der Waals surface area contributed by atoms with Crippen molar-refractivity contribution >= 4 is 17.6 Å². The molecule has 1 atom stereocenters. The number of halogens is 1. The molecule has 0 aliphatic carbocycles. The Balaban J connectivity index is 2.72. The molecule has 0 aromatic heterocycles. The zero-order valence-electron chi connectivity index (χ0n) is 12.3. The molecule has 0 saturated carbocycles. The van der Waals surface area contributed by atoms with Crippen LogP contribution in [0.25, 0.3) is 0 Å². The van der Waals surface area contributed by atoms with Gasteiger partial charge < -0.3 is 24.7 Å². The van der Waals surface area contributed by atoms with Gasteiger partial charge in [-0.25, -0.2) is 4.79 Å². The summed E-state index contributed by atoms with van der Waals surface area (Å²) in [5.74, 6) is 0.504. The van der Waals surface area contributed by atoms with Gasteiger partial charge >= 0.3 is 5.97 Å². The fraction of sp³-hybridized carbons (Fsp3) is 0.500. The van der Waals surface area contributed by atoms with Crippen molar-refractivity contribution in [1.29, 1.82) is 0 Å². The third-order valence-electron chi connectivity index (χ3n) is 2.74. The minimum absolute atomic E-state index is 0.137. The van der Waals surface area contributed by atoms with E-state index in [0.29, 0.717) is 28.7 Å². The highest BCUT2D eigenvalue weighted by Crippen LogP contribution is 2.38. The largest absolute Gasteiger partial charge is 0.495 e. The summed E-state index contributed by atoms with van der Waals surface area (Å²) >= 11 is 6.16. The van der Waals surface area contributed by atoms with Crippen molar-refractivity contribution < 1.29 is 23.7 Å². The highest BCUT2D eigenvalue weighted by Gasteiger charge is 2.18. The SMILES string of the molecule is CCOC(=O)COCC(N)c1ccc(OC)c(Cl)c1OC. The highest BCUT2D eigenvalue weighted by atomic mass is 35.5. The Hall–Kier alpha value is -1.50. The van der Waals surface area contributed by atoms with E-state index < -0.39 is 12.0 Å². The lowest BCUT2D eigenvalue weighted by Crippen LogP contribution is -2.21. The molecule has 0 radical (unpaired) electrons. The molecule has 0 amide bonds. The number of hydrogen-bond acceptors (Lipinski definition) is 6. The monoisotopic (exact) mass is 317 g/mol. The van der Waals surface area contributed by atoms with Crippen LogP contribution in [0.4, 0.5) is 0 Å². The van der Waals surface area contributed by atoms with Crippen LogP contribution in [-0.2, 0) is 14.3 Å². The number of hydrogen-bond donors (Lipinski definition) is 1. The second kappa shape index (κ2) is 8.71. The minimum Gasteiger partial charge on any atom is -0.495 e. The molecule has 7 heteroatoms. The Morgan fingerprint density at radius 3 is 2.62 bits per heavy atom. The maximum atomic E-state index is 11.2. The quantitative estimate of drug-likeness (QED) is 0.738. The topological polar surface area (TPSA) is 80.0 Å². The molecule has 21 heavy (non-hydrogen) atoms. The van der Waals surface area contributed by atoms with Crippen LogP contribution >= 0.6 is 11.6 Å². The van der Waals surface area contributed by atoms with Crippen molar-refractivity contribution in [3.8, 4) is 11.5 Å². The van der Waals surface area contributed by atoms with Crippen molar-refractivity contribution in [1.82, 2.24) is 0 Å². The van der Waals surface area contributed by atoms with Crippen LogP contribution < -0.4 is 15.2 Å². The van der Waals surface area contributed by atoms with Gasteiger partial charge in [0.2, 0.25) is 0 Å². The number of rotatable bonds is 8. The molecule has 0 heterocycles. The summed E-state index contributed by atoms with van der Waals surface area (Å²) in [6.45, 7) is 2.04. The molecule has 6 nitrogen and oxygen atoms in total. The van der Waals surface area contributed by atoms with E-state index in [9.17, 15) is 4.79 Å². The molecule has 1 aromatic rings. The third kappa shape index (κ3) is 4.77. The van der Waals surface area contributed by atoms with Crippen molar-refractivity contribution in [2.75, 3.05) is 34.0 Å². The van der Waals surface area contributed by atoms with Gasteiger partial charge in [0.1, 0.15) is 23.1 Å². The molecule has 118 valence electrons. The fourth-order valence-corrected chi connectivity index (χ4v) is 2.10. The molecule has 0 saturated heterocycles. The van der Waals surface area contributed by atoms with E-state index in [1.165, 1.54) is 14.2 Å². The normalized spacial score (nSPS) is 11.9. The van der Waals surface area contributed by atoms with Crippen LogP contribution in [0.1, 0.15) is 18.5 Å². The second-order valence-corrected chi connectivity index (χ2v) is 4.51. The first-order valence-electron chi connectivity index (χ1n) is 6.44. The number of nitrogens with two attached hydrogens (primary N) is 1. The lowest BCUT2D eigenvalue weighted by atomic mass is 10.1. The Morgan fingerprint density at radius 1 is 1.33 bits per heavy atom. The van der Waals surface area contributed by atoms with Gasteiger partial charge in [-0.15, -0.1) is 0 Å². The average molecular weight is 318 g/mol. The zero-order valence-corrected chi connectivity index (χ0v) is 13.1. The smallest absolute Gasteiger partial charge is 0.332 e. The molecule has 1 unspecified atom stereocenters. The maximum absolute atomic E-state index is 11.2. The van der Waals surface area contributed by atoms with Gasteiger partial charge in [0.15, 0.2) is 0 Å². The first kappa shape index (κ1) is 17.6. The average Bonchev–Trinajstić information content (AvgIpc) is 2.47. The van der Waals surface area contributed by atoms with E-state index in [1.54, 1.807) is 19.1 Å². The molecular formula is C14H20ClNO5. The second-order valence-electron chi connectivity index (χ2n) is 4.13. The molecule has 1 aromatic carbocycles. The van der Waals surface area contributed by atoms with Crippen LogP contribution in [0, 0.1) is 0 Å². The number of benzene rings is 1. The van der Waals surface area contributed by atoms with Gasteiger partial charge in [-0.1, -0.05) is 11.6 Å². The summed E-state index contributed by atoms with van der Waals surface area (Å²) in [5, 5.41) is 0.346. The standard InChI is InChI=1S/C14H20ClNO5/c1-4-21-12(17)8-20-7-10(16)9-5-6-11(18-2)13(15)14(9)19-3/h5-6,10H,4,7-8,16H2,1-3H3. The van der Waals surface area contributed by atoms with Crippen molar-refractivity contribution in [2.45, 2.75) is 13.0 Å². The zero-order chi connectivity index (χ0) is 15.8. The molecule has 0 bridgehead atoms. The lowest BCUT2D eigenvalue weighted by Gasteiger charge is -2.18. The van der Waals surface area contributed by atoms with Crippen molar-refractivity contribution in [2.24, 2.45) is 5.73 Å². The Labute approximate surface area is 129 Å². The van der Waals surface area contributed by atoms with Gasteiger partial charge in [0.05, 0.1) is 33.5 Å². The first-order valence-corrected chi connectivity index (χ1v) is 6.82. The minimum atomic E-state index is -0.488. The number of ether oxygens (including phenoxy) is 4. The Kier molecular flexibility index (Phi) is 7.28. The van der Waals surface area contributed by atoms with Gasteiger partial charge in [0.25, 0.3) is 0 Å². The summed E-state index contributed by atoms with van der Waals surface area (Å²) in [4.78, 5) is 11.2. The van der Waals surface area contributed by atoms with E-state index >= 15 is 0 Å². The van der Waals surface area contributed by atoms with Gasteiger partial charge in [-0.3, -0.25) is 0 Å². The Bertz CT molecular complexity index is 481. The highest BCUT2D eigenvalue weighted by molar-refractivity contribution is 6.33. The summed E-state index contributed by atoms with van der Waals surface area (Å²) in [5.41, 5.74) is 6.71. The Morgan fingerprint density at radius 2 is 2.05 bits per heavy atom. The number of carbonyl (C=O) groups excluding carboxylic acids is 1. The molecule has 0 aliphatic heterocycles. The van der Waals surface area contributed by atoms with E-state index in [-0.39, 0.29) is 13.2 Å². The predicted octanol–water partition coefficient (Wildman–Crippen LogP) is 1.94. The van der Waals surface area contributed by atoms with E-state index in [4.69, 9.17) is 36.3 Å². The predicted molar refractivity (Wildman–Crippen MR) is 78.9 cm³/mol. The number of methoxy groups -OCH3 is 2. The van der Waals surface area contributed by atoms with Crippen LogP contribution in [0.5, 0.6) is 11.5 Å². The molecular weight excluding hydrogens is 298 g/mol. The summed E-state index contributed by atoms with van der Waals surface area (Å²) in [6.07, 6.45) is 0. The summed E-state index contributed by atoms with van der Waals surface area (Å²) in [7, 11) is 3.01. The molecule has 2 N–H and O–H groups in total. The van der Waals surface area contributed by atoms with Gasteiger partial charge in [-0.2, -0.15) is 0 Å². The number of carbonyl (C=O) groups is 1. The molecule has 0 aliphatic rings. The van der Waals surface area contributed by atoms with Crippen LogP contribution in [0.2, 0.25) is 5.02 Å². The van der Waals surface area contributed by atoms with Gasteiger partial charge in [0, 0.05) is 5.56 Å². The lowest BCUT2D eigenvalue weighted by molar-refractivity contribution is -0.148. The third-order valence-corrected chi connectivity index (χ3v) is 3.10. The van der Waals surface area contributed by atoms with E-state index in [2.05, 4.69) is 0 Å². The van der Waals surface area contributed by atoms with Crippen molar-refractivity contribution in [3.63, 3.8) is 0 Å². The molecule has 0 spiro atoms. The first-order chi connectivity index (χ1) is 10.0. The van der Waals surface area contributed by atoms with Crippen molar-refractivity contribution in [3.05, 3.63) is 22.7 Å². The van der Waals surface area contributed by atoms with Crippen LogP contribution in [0.3, 0.4) is 0 Å². The van der Waals surface area contributed by atoms with Crippen LogP contribution in [0.15, 0.2) is 12.1 Å². The fourth-order valence-electron chi connectivity index (χ4n) is 1.77. The van der Waals surface area contributed by atoms with E-state index in [0.717, 1.165) is 0 Å². The molecule has 1 rings (SSSR count). The number of esters is 1.